The zero-order valence-corrected chi connectivity index (χ0v) is 7.81. The first kappa shape index (κ1) is 10.7. The molecule has 0 spiro atoms. The van der Waals surface area contributed by atoms with E-state index in [1.807, 2.05) is 0 Å². The van der Waals surface area contributed by atoms with E-state index >= 15 is 0 Å². The standard InChI is InChI=1S/C8H8ClNO4/c9-4-8(12)6-3-5(11)1-2-7(6)10(13)14/h1-3,8,11-12H,4H2. The summed E-state index contributed by atoms with van der Waals surface area (Å²) in [7, 11) is 0. The van der Waals surface area contributed by atoms with Crippen molar-refractivity contribution >= 4 is 17.3 Å². The predicted molar refractivity (Wildman–Crippen MR) is 50.4 cm³/mol. The van der Waals surface area contributed by atoms with Crippen LogP contribution in [0.3, 0.4) is 0 Å². The maximum absolute atomic E-state index is 10.5. The number of aliphatic hydroxyl groups is 1. The van der Waals surface area contributed by atoms with Crippen molar-refractivity contribution in [2.45, 2.75) is 6.10 Å². The Morgan fingerprint density at radius 3 is 2.71 bits per heavy atom. The highest BCUT2D eigenvalue weighted by molar-refractivity contribution is 6.18. The van der Waals surface area contributed by atoms with E-state index in [0.29, 0.717) is 0 Å². The molecule has 1 aromatic carbocycles. The van der Waals surface area contributed by atoms with E-state index in [1.54, 1.807) is 0 Å². The van der Waals surface area contributed by atoms with Crippen LogP contribution in [0.1, 0.15) is 11.7 Å². The van der Waals surface area contributed by atoms with Crippen molar-refractivity contribution in [2.24, 2.45) is 0 Å². The van der Waals surface area contributed by atoms with Gasteiger partial charge in [-0.3, -0.25) is 10.1 Å². The van der Waals surface area contributed by atoms with Gasteiger partial charge in [0, 0.05) is 6.07 Å². The second kappa shape index (κ2) is 4.26. The Morgan fingerprint density at radius 2 is 2.21 bits per heavy atom. The molecule has 1 atom stereocenters. The Balaban J connectivity index is 3.22. The second-order valence-corrected chi connectivity index (χ2v) is 2.98. The topological polar surface area (TPSA) is 83.6 Å². The molecule has 1 unspecified atom stereocenters. The summed E-state index contributed by atoms with van der Waals surface area (Å²) in [5.74, 6) is -0.306. The highest BCUT2D eigenvalue weighted by atomic mass is 35.5. The molecule has 0 heterocycles. The third-order valence-electron chi connectivity index (χ3n) is 1.71. The molecule has 1 rings (SSSR count). The zero-order chi connectivity index (χ0) is 10.7. The van der Waals surface area contributed by atoms with Gasteiger partial charge in [0.05, 0.1) is 22.5 Å². The van der Waals surface area contributed by atoms with Gasteiger partial charge in [0.15, 0.2) is 0 Å². The van der Waals surface area contributed by atoms with E-state index in [1.165, 1.54) is 6.07 Å². The molecule has 0 aliphatic rings. The average Bonchev–Trinajstić information content (AvgIpc) is 2.16. The van der Waals surface area contributed by atoms with E-state index in [-0.39, 0.29) is 22.9 Å². The number of nitro groups is 1. The minimum absolute atomic E-state index is 0.0185. The third-order valence-corrected chi connectivity index (χ3v) is 2.01. The van der Waals surface area contributed by atoms with Crippen LogP contribution in [0.4, 0.5) is 5.69 Å². The molecule has 0 radical (unpaired) electrons. The zero-order valence-electron chi connectivity index (χ0n) is 7.05. The van der Waals surface area contributed by atoms with E-state index in [2.05, 4.69) is 0 Å². The van der Waals surface area contributed by atoms with Gasteiger partial charge in [-0.15, -0.1) is 11.6 Å². The molecule has 0 bridgehead atoms. The van der Waals surface area contributed by atoms with Crippen LogP contribution in [0.25, 0.3) is 0 Å². The summed E-state index contributed by atoms with van der Waals surface area (Å²) in [4.78, 5) is 9.89. The van der Waals surface area contributed by atoms with Gasteiger partial charge in [-0.2, -0.15) is 0 Å². The molecular formula is C8H8ClNO4. The first-order valence-corrected chi connectivity index (χ1v) is 4.31. The van der Waals surface area contributed by atoms with Crippen molar-refractivity contribution < 1.29 is 15.1 Å². The number of aliphatic hydroxyl groups excluding tert-OH is 1. The van der Waals surface area contributed by atoms with E-state index in [0.717, 1.165) is 12.1 Å². The number of nitrogens with zero attached hydrogens (tertiary/aromatic N) is 1. The van der Waals surface area contributed by atoms with Gasteiger partial charge in [0.2, 0.25) is 0 Å². The highest BCUT2D eigenvalue weighted by Crippen LogP contribution is 2.29. The predicted octanol–water partition coefficient (Wildman–Crippen LogP) is 1.57. The Labute approximate surface area is 84.7 Å². The van der Waals surface area contributed by atoms with Crippen LogP contribution in [0, 0.1) is 10.1 Å². The van der Waals surface area contributed by atoms with Crippen molar-refractivity contribution in [3.8, 4) is 5.75 Å². The van der Waals surface area contributed by atoms with Crippen LogP contribution in [-0.4, -0.2) is 21.0 Å². The van der Waals surface area contributed by atoms with E-state index < -0.39 is 11.0 Å². The van der Waals surface area contributed by atoms with Gasteiger partial charge in [-0.25, -0.2) is 0 Å². The number of hydrogen-bond donors (Lipinski definition) is 2. The molecule has 0 saturated carbocycles. The van der Waals surface area contributed by atoms with E-state index in [9.17, 15) is 15.2 Å². The fourth-order valence-electron chi connectivity index (χ4n) is 1.06. The van der Waals surface area contributed by atoms with Crippen LogP contribution in [0.15, 0.2) is 18.2 Å². The number of alkyl halides is 1. The minimum atomic E-state index is -1.15. The normalized spacial score (nSPS) is 12.4. The monoisotopic (exact) mass is 217 g/mol. The Morgan fingerprint density at radius 1 is 1.57 bits per heavy atom. The summed E-state index contributed by atoms with van der Waals surface area (Å²) in [6.07, 6.45) is -1.15. The molecule has 0 fully saturated rings. The summed E-state index contributed by atoms with van der Waals surface area (Å²) in [5, 5.41) is 28.9. The lowest BCUT2D eigenvalue weighted by Gasteiger charge is -2.07. The maximum Gasteiger partial charge on any atom is 0.275 e. The van der Waals surface area contributed by atoms with Crippen molar-refractivity contribution in [3.63, 3.8) is 0 Å². The van der Waals surface area contributed by atoms with Crippen LogP contribution in [-0.2, 0) is 0 Å². The molecule has 0 aliphatic carbocycles. The molecule has 0 aromatic heterocycles. The van der Waals surface area contributed by atoms with Crippen LogP contribution >= 0.6 is 11.6 Å². The number of halogens is 1. The molecule has 1 aromatic rings. The number of nitro benzene ring substituents is 1. The number of aromatic hydroxyl groups is 1. The lowest BCUT2D eigenvalue weighted by atomic mass is 10.1. The van der Waals surface area contributed by atoms with Gasteiger partial charge >= 0.3 is 0 Å². The highest BCUT2D eigenvalue weighted by Gasteiger charge is 2.20. The van der Waals surface area contributed by atoms with Gasteiger partial charge in [-0.05, 0) is 12.1 Å². The van der Waals surface area contributed by atoms with Gasteiger partial charge < -0.3 is 10.2 Å². The van der Waals surface area contributed by atoms with Crippen LogP contribution < -0.4 is 0 Å². The van der Waals surface area contributed by atoms with Gasteiger partial charge in [0.25, 0.3) is 5.69 Å². The fraction of sp³-hybridized carbons (Fsp3) is 0.250. The van der Waals surface area contributed by atoms with Crippen LogP contribution in [0.2, 0.25) is 0 Å². The second-order valence-electron chi connectivity index (χ2n) is 2.67. The Bertz CT molecular complexity index is 355. The molecule has 0 amide bonds. The summed E-state index contributed by atoms with van der Waals surface area (Å²) in [6, 6.07) is 3.44. The van der Waals surface area contributed by atoms with Crippen LogP contribution in [0.5, 0.6) is 5.75 Å². The van der Waals surface area contributed by atoms with Crippen molar-refractivity contribution in [1.29, 1.82) is 0 Å². The molecular weight excluding hydrogens is 210 g/mol. The number of rotatable bonds is 3. The summed E-state index contributed by atoms with van der Waals surface area (Å²) in [5.41, 5.74) is -0.235. The van der Waals surface area contributed by atoms with Gasteiger partial charge in [-0.1, -0.05) is 0 Å². The lowest BCUT2D eigenvalue weighted by molar-refractivity contribution is -0.386. The molecule has 76 valence electrons. The summed E-state index contributed by atoms with van der Waals surface area (Å²) >= 11 is 5.36. The number of phenols is 1. The molecule has 5 nitrogen and oxygen atoms in total. The first-order chi connectivity index (χ1) is 6.56. The summed E-state index contributed by atoms with van der Waals surface area (Å²) < 4.78 is 0. The van der Waals surface area contributed by atoms with Gasteiger partial charge in [0.1, 0.15) is 5.75 Å². The molecule has 6 heteroatoms. The van der Waals surface area contributed by atoms with E-state index in [4.69, 9.17) is 16.7 Å². The van der Waals surface area contributed by atoms with Crippen molar-refractivity contribution in [1.82, 2.24) is 0 Å². The maximum atomic E-state index is 10.5. The molecule has 14 heavy (non-hydrogen) atoms. The lowest BCUT2D eigenvalue weighted by Crippen LogP contribution is -2.03. The smallest absolute Gasteiger partial charge is 0.275 e. The number of hydrogen-bond acceptors (Lipinski definition) is 4. The Kier molecular flexibility index (Phi) is 3.27. The first-order valence-electron chi connectivity index (χ1n) is 3.77. The number of benzene rings is 1. The molecule has 0 saturated heterocycles. The van der Waals surface area contributed by atoms with Crippen molar-refractivity contribution in [3.05, 3.63) is 33.9 Å². The molecule has 0 aliphatic heterocycles. The SMILES string of the molecule is O=[N+]([O-])c1ccc(O)cc1C(O)CCl. The minimum Gasteiger partial charge on any atom is -0.508 e. The largest absolute Gasteiger partial charge is 0.508 e. The quantitative estimate of drug-likeness (QED) is 0.457. The Hall–Kier alpha value is -1.33. The average molecular weight is 218 g/mol. The third kappa shape index (κ3) is 2.12. The summed E-state index contributed by atoms with van der Waals surface area (Å²) in [6.45, 7) is 0. The molecule has 2 N–H and O–H groups in total. The fourth-order valence-corrected chi connectivity index (χ4v) is 1.22. The van der Waals surface area contributed by atoms with Crippen molar-refractivity contribution in [2.75, 3.05) is 5.88 Å². The number of phenolic OH excluding ortho intramolecular Hbond substituents is 1.